The number of amides is 3. The van der Waals surface area contributed by atoms with Crippen molar-refractivity contribution in [2.45, 2.75) is 70.2 Å². The van der Waals surface area contributed by atoms with E-state index in [2.05, 4.69) is 15.2 Å². The Balaban J connectivity index is 1.40. The molecule has 12 heteroatoms. The van der Waals surface area contributed by atoms with Crippen molar-refractivity contribution < 1.29 is 14.7 Å². The SMILES string of the molecule is CCC1CN(C(=O)Nc2ccn(-c3ccc(CN4CCC(N)CC4)cc3)c(=O)n2)CC(CO)N1C(=O)C(C)(C)N. The van der Waals surface area contributed by atoms with Gasteiger partial charge in [0.25, 0.3) is 0 Å². The van der Waals surface area contributed by atoms with E-state index in [0.717, 1.165) is 38.0 Å². The Morgan fingerprint density at radius 3 is 2.33 bits per heavy atom. The lowest BCUT2D eigenvalue weighted by Crippen LogP contribution is -2.67. The van der Waals surface area contributed by atoms with Gasteiger partial charge in [-0.15, -0.1) is 0 Å². The summed E-state index contributed by atoms with van der Waals surface area (Å²) < 4.78 is 1.42. The number of rotatable bonds is 7. The van der Waals surface area contributed by atoms with E-state index in [9.17, 15) is 19.5 Å². The van der Waals surface area contributed by atoms with E-state index < -0.39 is 23.3 Å². The van der Waals surface area contributed by atoms with Crippen molar-refractivity contribution in [3.8, 4) is 5.69 Å². The van der Waals surface area contributed by atoms with Crippen molar-refractivity contribution in [3.05, 3.63) is 52.6 Å². The van der Waals surface area contributed by atoms with E-state index in [1.165, 1.54) is 9.47 Å². The Labute approximate surface area is 234 Å². The fourth-order valence-electron chi connectivity index (χ4n) is 5.35. The van der Waals surface area contributed by atoms with E-state index in [1.54, 1.807) is 31.0 Å². The van der Waals surface area contributed by atoms with Crippen LogP contribution in [0.15, 0.2) is 41.3 Å². The molecule has 218 valence electrons. The van der Waals surface area contributed by atoms with Gasteiger partial charge < -0.3 is 26.4 Å². The molecule has 3 amide bonds. The topological polar surface area (TPSA) is 163 Å². The Kier molecular flexibility index (Phi) is 9.24. The van der Waals surface area contributed by atoms with Crippen LogP contribution in [0.5, 0.6) is 0 Å². The summed E-state index contributed by atoms with van der Waals surface area (Å²) in [5.41, 5.74) is 12.3. The van der Waals surface area contributed by atoms with Crippen LogP contribution in [0.2, 0.25) is 0 Å². The molecule has 0 aliphatic carbocycles. The van der Waals surface area contributed by atoms with Crippen molar-refractivity contribution in [1.82, 2.24) is 24.3 Å². The molecule has 2 unspecified atom stereocenters. The number of hydrogen-bond acceptors (Lipinski definition) is 8. The number of carbonyl (C=O) groups is 2. The number of aliphatic hydroxyl groups is 1. The third-order valence-corrected chi connectivity index (χ3v) is 7.70. The van der Waals surface area contributed by atoms with Crippen LogP contribution in [0.25, 0.3) is 5.69 Å². The van der Waals surface area contributed by atoms with Gasteiger partial charge in [-0.25, -0.2) is 9.59 Å². The maximum atomic E-state index is 13.1. The lowest BCUT2D eigenvalue weighted by molar-refractivity contribution is -0.145. The number of nitrogens with one attached hydrogen (secondary N) is 1. The van der Waals surface area contributed by atoms with Gasteiger partial charge in [-0.2, -0.15) is 4.98 Å². The molecule has 40 heavy (non-hydrogen) atoms. The number of piperazine rings is 1. The molecular formula is C28H42N8O4. The molecule has 2 saturated heterocycles. The first-order valence-electron chi connectivity index (χ1n) is 14.0. The zero-order chi connectivity index (χ0) is 29.0. The Bertz CT molecular complexity index is 1220. The molecule has 0 saturated carbocycles. The summed E-state index contributed by atoms with van der Waals surface area (Å²) in [5, 5.41) is 12.7. The number of carbonyl (C=O) groups excluding carboxylic acids is 2. The van der Waals surface area contributed by atoms with Crippen LogP contribution in [0.1, 0.15) is 45.6 Å². The summed E-state index contributed by atoms with van der Waals surface area (Å²) in [5.74, 6) is -0.144. The summed E-state index contributed by atoms with van der Waals surface area (Å²) in [6.45, 7) is 8.09. The second-order valence-electron chi connectivity index (χ2n) is 11.4. The normalized spacial score (nSPS) is 20.9. The molecular weight excluding hydrogens is 512 g/mol. The van der Waals surface area contributed by atoms with E-state index in [-0.39, 0.29) is 37.5 Å². The maximum Gasteiger partial charge on any atom is 0.354 e. The summed E-state index contributed by atoms with van der Waals surface area (Å²) in [6, 6.07) is 8.30. The number of likely N-dealkylation sites (tertiary alicyclic amines) is 1. The summed E-state index contributed by atoms with van der Waals surface area (Å²) in [4.78, 5) is 48.4. The largest absolute Gasteiger partial charge is 0.394 e. The quantitative estimate of drug-likeness (QED) is 0.389. The zero-order valence-electron chi connectivity index (χ0n) is 23.6. The molecule has 1 aromatic carbocycles. The minimum Gasteiger partial charge on any atom is -0.394 e. The Morgan fingerprint density at radius 1 is 1.10 bits per heavy atom. The average Bonchev–Trinajstić information content (AvgIpc) is 2.93. The number of piperidine rings is 1. The van der Waals surface area contributed by atoms with Gasteiger partial charge in [0.15, 0.2) is 0 Å². The number of anilines is 1. The van der Waals surface area contributed by atoms with Crippen LogP contribution in [0, 0.1) is 0 Å². The number of nitrogens with two attached hydrogens (primary N) is 2. The minimum absolute atomic E-state index is 0.126. The van der Waals surface area contributed by atoms with Gasteiger partial charge in [-0.3, -0.25) is 19.6 Å². The van der Waals surface area contributed by atoms with Crippen LogP contribution in [0.3, 0.4) is 0 Å². The molecule has 1 aromatic heterocycles. The second kappa shape index (κ2) is 12.5. The van der Waals surface area contributed by atoms with Crippen LogP contribution in [-0.2, 0) is 11.3 Å². The van der Waals surface area contributed by atoms with Crippen LogP contribution in [0.4, 0.5) is 10.6 Å². The van der Waals surface area contributed by atoms with Crippen LogP contribution >= 0.6 is 0 Å². The van der Waals surface area contributed by atoms with Gasteiger partial charge >= 0.3 is 11.7 Å². The fraction of sp³-hybridized carbons (Fsp3) is 0.571. The van der Waals surface area contributed by atoms with Crippen molar-refractivity contribution in [1.29, 1.82) is 0 Å². The van der Waals surface area contributed by atoms with Gasteiger partial charge in [0, 0.05) is 37.9 Å². The molecule has 2 aromatic rings. The molecule has 2 fully saturated rings. The minimum atomic E-state index is -1.10. The van der Waals surface area contributed by atoms with E-state index in [1.807, 2.05) is 31.2 Å². The lowest BCUT2D eigenvalue weighted by Gasteiger charge is -2.47. The monoisotopic (exact) mass is 554 g/mol. The van der Waals surface area contributed by atoms with Gasteiger partial charge in [-0.1, -0.05) is 19.1 Å². The van der Waals surface area contributed by atoms with Gasteiger partial charge in [-0.05, 0) is 70.0 Å². The molecule has 3 heterocycles. The van der Waals surface area contributed by atoms with Gasteiger partial charge in [0.2, 0.25) is 5.91 Å². The standard InChI is InChI=1S/C28H42N8O4/c1-4-21-16-34(17-23(18-37)36(21)25(38)28(2,3)30)26(39)31-24-11-14-35(27(40)32-24)22-7-5-19(6-8-22)15-33-12-9-20(29)10-13-33/h5-8,11,14,20-21,23,37H,4,9-10,12-13,15-18,29-30H2,1-3H3,(H,31,32,39,40). The zero-order valence-corrected chi connectivity index (χ0v) is 23.6. The third-order valence-electron chi connectivity index (χ3n) is 7.70. The first-order valence-corrected chi connectivity index (χ1v) is 14.0. The highest BCUT2D eigenvalue weighted by atomic mass is 16.3. The van der Waals surface area contributed by atoms with Crippen molar-refractivity contribution in [2.24, 2.45) is 11.5 Å². The molecule has 4 rings (SSSR count). The number of benzene rings is 1. The number of urea groups is 1. The van der Waals surface area contributed by atoms with Crippen molar-refractivity contribution in [3.63, 3.8) is 0 Å². The van der Waals surface area contributed by atoms with Crippen molar-refractivity contribution >= 4 is 17.8 Å². The number of nitrogens with zero attached hydrogens (tertiary/aromatic N) is 5. The lowest BCUT2D eigenvalue weighted by atomic mass is 9.97. The molecule has 2 atom stereocenters. The first kappa shape index (κ1) is 29.7. The molecule has 0 bridgehead atoms. The number of hydrogen-bond donors (Lipinski definition) is 4. The molecule has 2 aliphatic rings. The van der Waals surface area contributed by atoms with Crippen LogP contribution in [-0.4, -0.2) is 97.7 Å². The molecule has 2 aliphatic heterocycles. The average molecular weight is 555 g/mol. The molecule has 0 spiro atoms. The highest BCUT2D eigenvalue weighted by Crippen LogP contribution is 2.22. The summed E-state index contributed by atoms with van der Waals surface area (Å²) in [6.07, 6.45) is 4.18. The van der Waals surface area contributed by atoms with E-state index in [0.29, 0.717) is 18.2 Å². The van der Waals surface area contributed by atoms with E-state index >= 15 is 0 Å². The summed E-state index contributed by atoms with van der Waals surface area (Å²) >= 11 is 0. The Morgan fingerprint density at radius 2 is 1.75 bits per heavy atom. The molecule has 6 N–H and O–H groups in total. The van der Waals surface area contributed by atoms with Gasteiger partial charge in [0.1, 0.15) is 5.82 Å². The van der Waals surface area contributed by atoms with Crippen molar-refractivity contribution in [2.75, 3.05) is 38.1 Å². The van der Waals surface area contributed by atoms with Crippen LogP contribution < -0.4 is 22.5 Å². The first-order chi connectivity index (χ1) is 19.0. The second-order valence-corrected chi connectivity index (χ2v) is 11.4. The predicted molar refractivity (Wildman–Crippen MR) is 153 cm³/mol. The fourth-order valence-corrected chi connectivity index (χ4v) is 5.35. The highest BCUT2D eigenvalue weighted by molar-refractivity contribution is 5.89. The van der Waals surface area contributed by atoms with Gasteiger partial charge in [0.05, 0.1) is 23.9 Å². The number of aromatic nitrogens is 2. The highest BCUT2D eigenvalue weighted by Gasteiger charge is 2.41. The maximum absolute atomic E-state index is 13.1. The number of aliphatic hydroxyl groups excluding tert-OH is 1. The smallest absolute Gasteiger partial charge is 0.354 e. The predicted octanol–water partition coefficient (Wildman–Crippen LogP) is 0.709. The molecule has 0 radical (unpaired) electrons. The molecule has 12 nitrogen and oxygen atoms in total. The Hall–Kier alpha value is -3.32. The van der Waals surface area contributed by atoms with E-state index in [4.69, 9.17) is 11.5 Å². The third kappa shape index (κ3) is 6.87. The summed E-state index contributed by atoms with van der Waals surface area (Å²) in [7, 11) is 0.